The number of thioether (sulfide) groups is 1. The average Bonchev–Trinajstić information content (AvgIpc) is 1.61. The van der Waals surface area contributed by atoms with Gasteiger partial charge in [-0.3, -0.25) is 97.1 Å². The maximum atomic E-state index is 16.0. The molecule has 0 bridgehead atoms. The number of aromatic amines is 3. The van der Waals surface area contributed by atoms with E-state index in [1.165, 1.54) is 57.8 Å². The monoisotopic (exact) mass is 1980 g/mol. The molecule has 0 saturated carbocycles. The van der Waals surface area contributed by atoms with Gasteiger partial charge < -0.3 is 130 Å². The number of aliphatic hydroxyl groups is 1. The van der Waals surface area contributed by atoms with E-state index in [4.69, 9.17) is 28.0 Å². The van der Waals surface area contributed by atoms with Gasteiger partial charge in [0.05, 0.1) is 55.1 Å². The van der Waals surface area contributed by atoms with Gasteiger partial charge >= 0.3 is 11.9 Å². The molecule has 6 heterocycles. The molecule has 3 aromatic heterocycles. The number of primary amides is 1. The molecule has 9 rings (SSSR count). The lowest BCUT2D eigenvalue weighted by molar-refractivity contribution is -0.149. The van der Waals surface area contributed by atoms with Crippen LogP contribution >= 0.6 is 11.8 Å². The number of hydrogen-bond acceptors (Lipinski definition) is 24. The van der Waals surface area contributed by atoms with Crippen molar-refractivity contribution in [2.45, 2.75) is 247 Å². The number of nitrogens with two attached hydrogens (primary N) is 3. The topological polar surface area (TPSA) is 711 Å². The summed E-state index contributed by atoms with van der Waals surface area (Å²) in [7, 11) is 3.76. The van der Waals surface area contributed by atoms with Crippen LogP contribution in [-0.4, -0.2) is 326 Å². The van der Waals surface area contributed by atoms with E-state index in [1.807, 2.05) is 6.92 Å². The van der Waals surface area contributed by atoms with Crippen LogP contribution in [0.25, 0.3) is 21.8 Å². The number of carboxylic acids is 2. The van der Waals surface area contributed by atoms with E-state index in [2.05, 4.69) is 73.1 Å². The Bertz CT molecular complexity index is 5480. The second-order valence-corrected chi connectivity index (χ2v) is 36.8. The second kappa shape index (κ2) is 53.0. The Morgan fingerprint density at radius 1 is 0.539 bits per heavy atom. The van der Waals surface area contributed by atoms with Crippen molar-refractivity contribution >= 4 is 152 Å². The van der Waals surface area contributed by atoms with E-state index in [1.54, 1.807) is 67.8 Å². The maximum Gasteiger partial charge on any atom is 0.305 e. The number of Topliss-reactive ketones (excluding diaryl/α,β-unsaturated/α-hetero) is 1. The highest BCUT2D eigenvalue weighted by Gasteiger charge is 2.47. The number of ketones is 1. The number of amides is 15. The minimum atomic E-state index is -2.04. The standard InChI is InChI=1S/C94H130N24O22S/c1-7-9-25-71-87(134)110-66(41-79(124)125)86(133)113-70(83(130)104-46-77(97)122)48-141-49-78(123)106-67(35-52-29-31-57(119)32-30-52)89(136)114(4)51(3)81(128)111-69(42-80(126)127)92(139)117-34-18-27-72(117)88(135)109-65(39-56-45-100-50-105-56)85(132)108-64(24-17-33-101-94(98)99)91(138)118-47-58(120)40-74(118)75(121)38-53(36-54-43-102-61-21-13-11-19-59(54)61)82(129)107-63(23-15-16-28-76(95)96)84(131)112-68(37-55-44-103-62-22-14-12-20-60(55)62)90(137)116(6)73(26-10-8-2)93(140)115(71)5/h11-14,19-22,29-32,43-45,50-51,53,58,63-74,102-103,119-120H,7-10,15-18,23-28,33-42,46-49H2,1-6H3,(H3,95,96)(H2,97,122)(H,100,105)(H,104,130)(H,106,123)(H,107,129)(H,108,132)(H,109,135)(H,110,134)(H,111,128)(H,112,131)(H,113,133)(H,124,125)(H,126,127)(H4,98,99,101)/t51-,53+,58+,63-,64-,65-,66-,67-,68-,69-,70-,71-,72-,73-,74?/m0/s1. The molecule has 47 heteroatoms. The molecule has 15 atom stereocenters. The summed E-state index contributed by atoms with van der Waals surface area (Å²) in [6.45, 7) is 3.29. The van der Waals surface area contributed by atoms with Crippen molar-refractivity contribution < 1.29 is 107 Å². The smallest absolute Gasteiger partial charge is 0.305 e. The predicted octanol–water partition coefficient (Wildman–Crippen LogP) is -1.31. The van der Waals surface area contributed by atoms with Crippen molar-refractivity contribution in [3.63, 3.8) is 0 Å². The number of phenolic OH excluding ortho intramolecular Hbond substituents is 1. The van der Waals surface area contributed by atoms with Gasteiger partial charge in [-0.25, -0.2) is 4.98 Å². The number of unbranched alkanes of at least 4 members (excludes halogenated alkanes) is 3. The third-order valence-electron chi connectivity index (χ3n) is 25.3. The van der Waals surface area contributed by atoms with Crippen LogP contribution in [0.15, 0.2) is 97.7 Å². The van der Waals surface area contributed by atoms with Gasteiger partial charge in [-0.15, -0.1) is 11.8 Å². The Morgan fingerprint density at radius 3 is 1.72 bits per heavy atom. The first kappa shape index (κ1) is 110. The van der Waals surface area contributed by atoms with Crippen molar-refractivity contribution in [2.75, 3.05) is 58.8 Å². The summed E-state index contributed by atoms with van der Waals surface area (Å²) in [4.78, 5) is 283. The molecule has 46 nitrogen and oxygen atoms in total. The van der Waals surface area contributed by atoms with E-state index >= 15 is 38.4 Å². The normalized spacial score (nSPS) is 24.2. The molecule has 141 heavy (non-hydrogen) atoms. The molecular weight excluding hydrogens is 1850 g/mol. The molecular formula is C94H130N24O22S. The van der Waals surface area contributed by atoms with Crippen LogP contribution < -0.4 is 70.4 Å². The Kier molecular flexibility index (Phi) is 41.4. The maximum absolute atomic E-state index is 16.0. The molecule has 3 fully saturated rings. The summed E-state index contributed by atoms with van der Waals surface area (Å²) in [6.07, 6.45) is 1.36. The number of guanidine groups is 1. The zero-order chi connectivity index (χ0) is 103. The van der Waals surface area contributed by atoms with E-state index in [9.17, 15) is 68.4 Å². The number of carbonyl (C=O) groups excluding carboxylic acids is 16. The van der Waals surface area contributed by atoms with Crippen LogP contribution in [0.1, 0.15) is 159 Å². The number of para-hydroxylation sites is 2. The van der Waals surface area contributed by atoms with E-state index < -0.39 is 247 Å². The number of aromatic hydroxyl groups is 1. The van der Waals surface area contributed by atoms with Gasteiger partial charge in [-0.05, 0) is 106 Å². The van der Waals surface area contributed by atoms with E-state index in [-0.39, 0.29) is 140 Å². The van der Waals surface area contributed by atoms with E-state index in [0.29, 0.717) is 63.1 Å². The highest BCUT2D eigenvalue weighted by atomic mass is 32.2. The zero-order valence-corrected chi connectivity index (χ0v) is 80.5. The number of nitrogens with zero attached hydrogens (tertiary/aromatic N) is 6. The molecule has 0 spiro atoms. The Balaban J connectivity index is 1.13. The number of imidazole rings is 1. The molecule has 3 saturated heterocycles. The van der Waals surface area contributed by atoms with Crippen molar-refractivity contribution in [3.05, 3.63) is 120 Å². The Hall–Kier alpha value is -14.5. The third-order valence-corrected chi connectivity index (χ3v) is 26.3. The summed E-state index contributed by atoms with van der Waals surface area (Å²) < 4.78 is 0. The van der Waals surface area contributed by atoms with Crippen molar-refractivity contribution in [2.24, 2.45) is 23.1 Å². The Morgan fingerprint density at radius 2 is 1.10 bits per heavy atom. The summed E-state index contributed by atoms with van der Waals surface area (Å²) in [5, 5.41) is 85.7. The van der Waals surface area contributed by atoms with Crippen molar-refractivity contribution in [1.29, 1.82) is 10.8 Å². The number of aliphatic carboxylic acids is 2. The number of carboxylic acid groups (broad SMARTS) is 2. The number of aromatic nitrogens is 4. The molecule has 25 N–H and O–H groups in total. The van der Waals surface area contributed by atoms with Crippen LogP contribution in [0.2, 0.25) is 0 Å². The van der Waals surface area contributed by atoms with E-state index in [0.717, 1.165) is 31.5 Å². The molecule has 1 unspecified atom stereocenters. The molecule has 3 aliphatic heterocycles. The minimum absolute atomic E-state index is 0.000537. The lowest BCUT2D eigenvalue weighted by Crippen LogP contribution is -2.60. The van der Waals surface area contributed by atoms with Gasteiger partial charge in [0.1, 0.15) is 78.3 Å². The van der Waals surface area contributed by atoms with Gasteiger partial charge in [0, 0.05) is 131 Å². The minimum Gasteiger partial charge on any atom is -0.508 e. The molecule has 15 amide bonds. The zero-order valence-electron chi connectivity index (χ0n) is 79.7. The fraction of sp³-hybridized carbons (Fsp3) is 0.521. The van der Waals surface area contributed by atoms with Gasteiger partial charge in [0.25, 0.3) is 0 Å². The van der Waals surface area contributed by atoms with Crippen molar-refractivity contribution in [3.8, 4) is 5.75 Å². The molecule has 0 aliphatic carbocycles. The first-order chi connectivity index (χ1) is 67.1. The van der Waals surface area contributed by atoms with Crippen LogP contribution in [0.5, 0.6) is 5.75 Å². The van der Waals surface area contributed by atoms with Crippen LogP contribution in [-0.2, 0) is 112 Å². The highest BCUT2D eigenvalue weighted by molar-refractivity contribution is 8.00. The number of nitrogens with one attached hydrogen (secondary N) is 15. The summed E-state index contributed by atoms with van der Waals surface area (Å²) in [5.74, 6) is -22.4. The van der Waals surface area contributed by atoms with Gasteiger partial charge in [-0.2, -0.15) is 0 Å². The quantitative estimate of drug-likeness (QED) is 0.0141. The highest BCUT2D eigenvalue weighted by Crippen LogP contribution is 2.31. The number of amidine groups is 1. The molecule has 764 valence electrons. The largest absolute Gasteiger partial charge is 0.508 e. The number of benzene rings is 3. The summed E-state index contributed by atoms with van der Waals surface area (Å²) >= 11 is 0.668. The number of hydrogen-bond donors (Lipinski definition) is 22. The lowest BCUT2D eigenvalue weighted by atomic mass is 9.89. The Labute approximate surface area is 817 Å². The molecule has 3 aliphatic rings. The number of phenols is 1. The third kappa shape index (κ3) is 31.7. The van der Waals surface area contributed by atoms with Crippen LogP contribution in [0.4, 0.5) is 0 Å². The fourth-order valence-corrected chi connectivity index (χ4v) is 18.3. The predicted molar refractivity (Wildman–Crippen MR) is 515 cm³/mol. The fourth-order valence-electron chi connectivity index (χ4n) is 17.5. The van der Waals surface area contributed by atoms with Gasteiger partial charge in [0.2, 0.25) is 88.6 Å². The number of fused-ring (bicyclic) bond motifs is 4. The second-order valence-electron chi connectivity index (χ2n) is 35.8. The summed E-state index contributed by atoms with van der Waals surface area (Å²) in [5.41, 5.74) is 19.8. The van der Waals surface area contributed by atoms with Crippen molar-refractivity contribution in [1.82, 2.24) is 97.6 Å². The number of likely N-dealkylation sites (N-methyl/N-ethyl adjacent to an activating group) is 3. The first-order valence-corrected chi connectivity index (χ1v) is 48.2. The van der Waals surface area contributed by atoms with Gasteiger partial charge in [-0.1, -0.05) is 94.5 Å². The number of carbonyl (C=O) groups is 18. The molecule has 0 radical (unpaired) electrons. The first-order valence-electron chi connectivity index (χ1n) is 47.0. The SMILES string of the molecule is CCCC[C@H]1C(=O)N(C)[C@@H](CCCC)C(=O)N[C@@H](CC(=O)O)C(=O)N[C@H](C(=O)NCC(N)=O)CSCC(=O)N[C@@H](Cc2ccc(O)cc2)C(=O)N(C)[C@@H](C)C(=O)N[C@@H](CC(=O)O)C(=O)N2CCC[C@H]2C(=O)N[C@@H](Cc2c[nH]cn2)C(=O)N[C@@H](CCCNC(=N)N)C(=O)N2C[C@H](O)CC2C(=O)C[C@@H](Cc2c[nH]c3ccccc23)C(=O)N[C@@H](CCCCC(=N)N)C(=O)N[C@@H](Cc2c[nH]c3ccccc23)C(=O)N1C. The number of aliphatic hydroxyl groups excluding tert-OH is 1. The van der Waals surface area contributed by atoms with Crippen LogP contribution in [0, 0.1) is 16.7 Å². The summed E-state index contributed by atoms with van der Waals surface area (Å²) in [6, 6.07) is -1.72. The van der Waals surface area contributed by atoms with Gasteiger partial charge in [0.15, 0.2) is 11.7 Å². The molecule has 3 aromatic carbocycles. The lowest BCUT2D eigenvalue weighted by Gasteiger charge is -2.36. The van der Waals surface area contributed by atoms with Crippen LogP contribution in [0.3, 0.4) is 0 Å². The number of rotatable bonds is 30. The average molecular weight is 1980 g/mol. The molecule has 6 aromatic rings. The number of H-pyrrole nitrogens is 3.